The van der Waals surface area contributed by atoms with Crippen LogP contribution in [0.4, 0.5) is 0 Å². The minimum atomic E-state index is -3.51. The number of aliphatic hydroxyl groups excluding tert-OH is 1. The average Bonchev–Trinajstić information content (AvgIpc) is 2.73. The molecular weight excluding hydrogens is 488 g/mol. The van der Waals surface area contributed by atoms with E-state index in [4.69, 9.17) is 0 Å². The molecule has 0 radical (unpaired) electrons. The summed E-state index contributed by atoms with van der Waals surface area (Å²) in [5.74, 6) is -0.0929. The second-order valence-corrected chi connectivity index (χ2v) is 11.9. The fourth-order valence-electron chi connectivity index (χ4n) is 3.69. The molecule has 172 valence electrons. The average molecular weight is 520 g/mol. The van der Waals surface area contributed by atoms with Crippen LogP contribution in [0.5, 0.6) is 0 Å². The van der Waals surface area contributed by atoms with Crippen LogP contribution in [0, 0.1) is 0 Å². The third-order valence-corrected chi connectivity index (χ3v) is 7.81. The predicted octanol–water partition coefficient (Wildman–Crippen LogP) is 4.34. The molecule has 5 nitrogen and oxygen atoms in total. The highest BCUT2D eigenvalue weighted by Gasteiger charge is 2.24. The van der Waals surface area contributed by atoms with Crippen LogP contribution >= 0.6 is 15.9 Å². The number of likely N-dealkylation sites (N-methyl/N-ethyl adjacent to an activating group) is 1. The Morgan fingerprint density at radius 2 is 1.62 bits per heavy atom. The molecule has 2 N–H and O–H groups in total. The highest BCUT2D eigenvalue weighted by atomic mass is 79.9. The van der Waals surface area contributed by atoms with Crippen LogP contribution in [0.25, 0.3) is 10.8 Å². The molecule has 32 heavy (non-hydrogen) atoms. The zero-order chi connectivity index (χ0) is 23.4. The first kappa shape index (κ1) is 24.9. The summed E-state index contributed by atoms with van der Waals surface area (Å²) in [5.41, 5.74) is 1.67. The molecule has 0 aromatic heterocycles. The number of β-amino-alcohol motifs (C(OH)–C–C–N with tert-alkyl or cyclic N) is 1. The smallest absolute Gasteiger partial charge is 0.218 e. The minimum absolute atomic E-state index is 0.0396. The number of rotatable bonds is 10. The van der Waals surface area contributed by atoms with Crippen LogP contribution in [0.15, 0.2) is 71.2 Å². The lowest BCUT2D eigenvalue weighted by Crippen LogP contribution is -2.47. The van der Waals surface area contributed by atoms with Crippen LogP contribution in [0.2, 0.25) is 0 Å². The molecule has 3 aromatic rings. The molecule has 7 heteroatoms. The molecule has 1 atom stereocenters. The monoisotopic (exact) mass is 518 g/mol. The molecule has 0 aliphatic carbocycles. The second kappa shape index (κ2) is 10.4. The van der Waals surface area contributed by atoms with Crippen molar-refractivity contribution in [2.45, 2.75) is 37.7 Å². The van der Waals surface area contributed by atoms with E-state index in [1.54, 1.807) is 12.1 Å². The molecular formula is C25H31BrN2O3S. The summed E-state index contributed by atoms with van der Waals surface area (Å²) in [6, 6.07) is 21.9. The topological polar surface area (TPSA) is 69.6 Å². The SMILES string of the molecule is CN(C[C@H](O)CNC(C)(C)Cc1ccc2ccccc2c1)S(=O)(=O)Cc1ccc(Br)cc1. The van der Waals surface area contributed by atoms with Gasteiger partial charge in [0.25, 0.3) is 0 Å². The van der Waals surface area contributed by atoms with E-state index < -0.39 is 16.1 Å². The largest absolute Gasteiger partial charge is 0.390 e. The zero-order valence-electron chi connectivity index (χ0n) is 18.8. The summed E-state index contributed by atoms with van der Waals surface area (Å²) >= 11 is 3.35. The Hall–Kier alpha value is -1.77. The van der Waals surface area contributed by atoms with E-state index in [0.717, 1.165) is 10.9 Å². The number of nitrogens with one attached hydrogen (secondary N) is 1. The first-order valence-electron chi connectivity index (χ1n) is 10.6. The lowest BCUT2D eigenvalue weighted by atomic mass is 9.93. The maximum atomic E-state index is 12.7. The molecule has 0 fully saturated rings. The molecule has 0 bridgehead atoms. The van der Waals surface area contributed by atoms with E-state index in [9.17, 15) is 13.5 Å². The number of halogens is 1. The quantitative estimate of drug-likeness (QED) is 0.418. The van der Waals surface area contributed by atoms with Crippen molar-refractivity contribution < 1.29 is 13.5 Å². The van der Waals surface area contributed by atoms with Gasteiger partial charge in [0.15, 0.2) is 0 Å². The first-order valence-corrected chi connectivity index (χ1v) is 13.0. The molecule has 0 aliphatic heterocycles. The van der Waals surface area contributed by atoms with E-state index in [1.165, 1.54) is 27.7 Å². The molecule has 0 saturated carbocycles. The molecule has 0 saturated heterocycles. The summed E-state index contributed by atoms with van der Waals surface area (Å²) < 4.78 is 27.4. The van der Waals surface area contributed by atoms with Crippen LogP contribution in [0.3, 0.4) is 0 Å². The van der Waals surface area contributed by atoms with Gasteiger partial charge >= 0.3 is 0 Å². The van der Waals surface area contributed by atoms with Gasteiger partial charge in [-0.25, -0.2) is 12.7 Å². The molecule has 3 aromatic carbocycles. The lowest BCUT2D eigenvalue weighted by molar-refractivity contribution is 0.139. The van der Waals surface area contributed by atoms with Gasteiger partial charge in [-0.05, 0) is 54.3 Å². The third-order valence-electron chi connectivity index (χ3n) is 5.48. The third kappa shape index (κ3) is 7.12. The van der Waals surface area contributed by atoms with Crippen molar-refractivity contribution in [2.24, 2.45) is 0 Å². The van der Waals surface area contributed by atoms with Gasteiger partial charge in [0.1, 0.15) is 0 Å². The normalized spacial score (nSPS) is 13.6. The van der Waals surface area contributed by atoms with E-state index in [1.807, 2.05) is 24.3 Å². The highest BCUT2D eigenvalue weighted by molar-refractivity contribution is 9.10. The van der Waals surface area contributed by atoms with Crippen LogP contribution < -0.4 is 5.32 Å². The summed E-state index contributed by atoms with van der Waals surface area (Å²) in [7, 11) is -2.00. The Balaban J connectivity index is 1.52. The Bertz CT molecular complexity index is 1150. The predicted molar refractivity (Wildman–Crippen MR) is 135 cm³/mol. The Labute approximate surface area is 199 Å². The maximum Gasteiger partial charge on any atom is 0.218 e. The van der Waals surface area contributed by atoms with Gasteiger partial charge in [0.2, 0.25) is 10.0 Å². The fourth-order valence-corrected chi connectivity index (χ4v) is 5.19. The molecule has 0 amide bonds. The van der Waals surface area contributed by atoms with E-state index in [2.05, 4.69) is 65.4 Å². The number of aliphatic hydroxyl groups is 1. The Morgan fingerprint density at radius 1 is 1.00 bits per heavy atom. The van der Waals surface area contributed by atoms with Gasteiger partial charge in [-0.1, -0.05) is 70.5 Å². The molecule has 0 heterocycles. The minimum Gasteiger partial charge on any atom is -0.390 e. The first-order chi connectivity index (χ1) is 15.0. The van der Waals surface area contributed by atoms with Crippen molar-refractivity contribution in [1.82, 2.24) is 9.62 Å². The standard InChI is InChI=1S/C25H31BrN2O3S/c1-25(2,15-20-8-11-21-6-4-5-7-22(21)14-20)27-16-24(29)17-28(3)32(30,31)18-19-9-12-23(26)13-10-19/h4-14,24,27,29H,15-18H2,1-3H3/t24-/m1/s1. The summed E-state index contributed by atoms with van der Waals surface area (Å²) in [6.07, 6.45) is -0.0157. The Morgan fingerprint density at radius 3 is 2.31 bits per heavy atom. The van der Waals surface area contributed by atoms with E-state index >= 15 is 0 Å². The van der Waals surface area contributed by atoms with Crippen LogP contribution in [-0.2, 0) is 22.2 Å². The number of benzene rings is 3. The summed E-state index contributed by atoms with van der Waals surface area (Å²) in [5, 5.41) is 16.3. The number of hydrogen-bond donors (Lipinski definition) is 2. The molecule has 3 rings (SSSR count). The highest BCUT2D eigenvalue weighted by Crippen LogP contribution is 2.20. The molecule has 0 aliphatic rings. The van der Waals surface area contributed by atoms with Crippen molar-refractivity contribution in [1.29, 1.82) is 0 Å². The molecule has 0 unspecified atom stereocenters. The zero-order valence-corrected chi connectivity index (χ0v) is 21.2. The maximum absolute atomic E-state index is 12.7. The van der Waals surface area contributed by atoms with Crippen molar-refractivity contribution in [2.75, 3.05) is 20.1 Å². The second-order valence-electron chi connectivity index (χ2n) is 8.94. The summed E-state index contributed by atoms with van der Waals surface area (Å²) in [4.78, 5) is 0. The van der Waals surface area contributed by atoms with Gasteiger partial charge < -0.3 is 10.4 Å². The number of fused-ring (bicyclic) bond motifs is 1. The van der Waals surface area contributed by atoms with Crippen molar-refractivity contribution >= 4 is 36.7 Å². The van der Waals surface area contributed by atoms with Gasteiger partial charge in [-0.3, -0.25) is 0 Å². The van der Waals surface area contributed by atoms with Gasteiger partial charge in [-0.15, -0.1) is 0 Å². The summed E-state index contributed by atoms with van der Waals surface area (Å²) in [6.45, 7) is 4.52. The van der Waals surface area contributed by atoms with Gasteiger partial charge in [-0.2, -0.15) is 0 Å². The van der Waals surface area contributed by atoms with Crippen LogP contribution in [-0.4, -0.2) is 49.6 Å². The Kier molecular flexibility index (Phi) is 8.11. The van der Waals surface area contributed by atoms with Crippen molar-refractivity contribution in [3.63, 3.8) is 0 Å². The van der Waals surface area contributed by atoms with E-state index in [0.29, 0.717) is 12.1 Å². The van der Waals surface area contributed by atoms with Gasteiger partial charge in [0.05, 0.1) is 11.9 Å². The van der Waals surface area contributed by atoms with Gasteiger partial charge in [0, 0.05) is 30.1 Å². The number of nitrogens with zero attached hydrogens (tertiary/aromatic N) is 1. The van der Waals surface area contributed by atoms with Crippen LogP contribution in [0.1, 0.15) is 25.0 Å². The molecule has 0 spiro atoms. The fraction of sp³-hybridized carbons (Fsp3) is 0.360. The van der Waals surface area contributed by atoms with Crippen molar-refractivity contribution in [3.05, 3.63) is 82.3 Å². The van der Waals surface area contributed by atoms with Crippen molar-refractivity contribution in [3.8, 4) is 0 Å². The van der Waals surface area contributed by atoms with E-state index in [-0.39, 0.29) is 17.8 Å². The number of sulfonamides is 1. The number of hydrogen-bond acceptors (Lipinski definition) is 4. The lowest BCUT2D eigenvalue weighted by Gasteiger charge is -2.29.